The van der Waals surface area contributed by atoms with Crippen LogP contribution in [-0.2, 0) is 14.9 Å². The zero-order valence-corrected chi connectivity index (χ0v) is 16.7. The Morgan fingerprint density at radius 3 is 2.90 bits per heavy atom. The number of carbonyl (C=O) groups excluding carboxylic acids is 2. The normalized spacial score (nSPS) is 25.4. The highest BCUT2D eigenvalue weighted by molar-refractivity contribution is 5.94. The third-order valence-electron chi connectivity index (χ3n) is 5.96. The number of nitrogens with zero attached hydrogens (tertiary/aromatic N) is 3. The Hall–Kier alpha value is -2.88. The molecule has 0 bridgehead atoms. The number of carbonyl (C=O) groups is 2. The van der Waals surface area contributed by atoms with Crippen LogP contribution in [0.1, 0.15) is 34.9 Å². The molecule has 3 atom stereocenters. The minimum absolute atomic E-state index is 0.0231. The predicted octanol–water partition coefficient (Wildman–Crippen LogP) is 1.59. The van der Waals surface area contributed by atoms with Gasteiger partial charge < -0.3 is 19.5 Å². The van der Waals surface area contributed by atoms with E-state index in [9.17, 15) is 18.4 Å². The van der Waals surface area contributed by atoms with Crippen LogP contribution < -0.4 is 5.32 Å². The maximum atomic E-state index is 14.0. The molecule has 0 spiro atoms. The fourth-order valence-electron chi connectivity index (χ4n) is 4.65. The van der Waals surface area contributed by atoms with Crippen molar-refractivity contribution in [3.05, 3.63) is 47.1 Å². The Kier molecular flexibility index (Phi) is 5.27. The van der Waals surface area contributed by atoms with Crippen molar-refractivity contribution in [1.29, 1.82) is 0 Å². The SMILES string of the molecule is COCC(=O)N1C[C@@H]2C[C@@H](NC(=O)c3cc(F)ccc3F)C[C@]2(c2nc(C)no2)C1. The lowest BCUT2D eigenvalue weighted by atomic mass is 9.80. The number of hydrogen-bond acceptors (Lipinski definition) is 6. The lowest BCUT2D eigenvalue weighted by molar-refractivity contribution is -0.134. The molecule has 1 aliphatic heterocycles. The quantitative estimate of drug-likeness (QED) is 0.789. The molecule has 1 aliphatic carbocycles. The largest absolute Gasteiger partial charge is 0.375 e. The molecular weight excluding hydrogens is 398 g/mol. The molecule has 30 heavy (non-hydrogen) atoms. The van der Waals surface area contributed by atoms with Gasteiger partial charge in [-0.15, -0.1) is 0 Å². The van der Waals surface area contributed by atoms with Crippen LogP contribution >= 0.6 is 0 Å². The minimum Gasteiger partial charge on any atom is -0.375 e. The van der Waals surface area contributed by atoms with Crippen molar-refractivity contribution >= 4 is 11.8 Å². The first-order valence-electron chi connectivity index (χ1n) is 9.66. The second-order valence-electron chi connectivity index (χ2n) is 7.94. The second-order valence-corrected chi connectivity index (χ2v) is 7.94. The van der Waals surface area contributed by atoms with E-state index in [-0.39, 0.29) is 30.0 Å². The van der Waals surface area contributed by atoms with E-state index < -0.39 is 23.0 Å². The smallest absolute Gasteiger partial charge is 0.254 e. The molecule has 1 N–H and O–H groups in total. The summed E-state index contributed by atoms with van der Waals surface area (Å²) in [5, 5.41) is 6.68. The van der Waals surface area contributed by atoms with Gasteiger partial charge in [0.15, 0.2) is 5.82 Å². The number of halogens is 2. The molecule has 2 aromatic rings. The first-order chi connectivity index (χ1) is 14.3. The Morgan fingerprint density at radius 1 is 1.40 bits per heavy atom. The Balaban J connectivity index is 1.55. The molecule has 2 heterocycles. The molecule has 1 saturated heterocycles. The lowest BCUT2D eigenvalue weighted by Gasteiger charge is -2.25. The van der Waals surface area contributed by atoms with Crippen molar-refractivity contribution in [3.63, 3.8) is 0 Å². The summed E-state index contributed by atoms with van der Waals surface area (Å²) in [6.45, 7) is 2.51. The number of methoxy groups -OCH3 is 1. The summed E-state index contributed by atoms with van der Waals surface area (Å²) in [6, 6.07) is 2.46. The highest BCUT2D eigenvalue weighted by Gasteiger charge is 2.58. The molecule has 1 aromatic carbocycles. The van der Waals surface area contributed by atoms with Crippen LogP contribution in [0.2, 0.25) is 0 Å². The summed E-state index contributed by atoms with van der Waals surface area (Å²) in [4.78, 5) is 31.0. The van der Waals surface area contributed by atoms with Gasteiger partial charge in [0, 0.05) is 26.2 Å². The highest BCUT2D eigenvalue weighted by Crippen LogP contribution is 2.50. The Morgan fingerprint density at radius 2 is 2.20 bits per heavy atom. The topological polar surface area (TPSA) is 97.6 Å². The van der Waals surface area contributed by atoms with Gasteiger partial charge in [0.2, 0.25) is 11.8 Å². The van der Waals surface area contributed by atoms with E-state index in [2.05, 4.69) is 15.5 Å². The number of amides is 2. The average molecular weight is 420 g/mol. The molecule has 1 aromatic heterocycles. The Labute approximate surface area is 171 Å². The van der Waals surface area contributed by atoms with Crippen molar-refractivity contribution < 1.29 is 27.6 Å². The van der Waals surface area contributed by atoms with E-state index in [0.29, 0.717) is 37.6 Å². The van der Waals surface area contributed by atoms with Gasteiger partial charge in [-0.2, -0.15) is 4.98 Å². The van der Waals surface area contributed by atoms with Gasteiger partial charge in [-0.05, 0) is 43.9 Å². The molecule has 10 heteroatoms. The van der Waals surface area contributed by atoms with E-state index in [1.807, 2.05) is 0 Å². The Bertz CT molecular complexity index is 981. The van der Waals surface area contributed by atoms with E-state index in [0.717, 1.165) is 18.2 Å². The molecule has 0 unspecified atom stereocenters. The fraction of sp³-hybridized carbons (Fsp3) is 0.500. The van der Waals surface area contributed by atoms with Crippen molar-refractivity contribution in [2.75, 3.05) is 26.8 Å². The maximum absolute atomic E-state index is 14.0. The summed E-state index contributed by atoms with van der Waals surface area (Å²) in [6.07, 6.45) is 0.986. The number of nitrogens with one attached hydrogen (secondary N) is 1. The van der Waals surface area contributed by atoms with E-state index >= 15 is 0 Å². The maximum Gasteiger partial charge on any atom is 0.254 e. The number of ether oxygens (including phenoxy) is 1. The van der Waals surface area contributed by atoms with Gasteiger partial charge in [-0.1, -0.05) is 5.16 Å². The van der Waals surface area contributed by atoms with Crippen molar-refractivity contribution in [2.24, 2.45) is 5.92 Å². The van der Waals surface area contributed by atoms with Crippen LogP contribution in [0.4, 0.5) is 8.78 Å². The third-order valence-corrected chi connectivity index (χ3v) is 5.96. The van der Waals surface area contributed by atoms with Gasteiger partial charge in [0.05, 0.1) is 11.0 Å². The van der Waals surface area contributed by atoms with Gasteiger partial charge in [-0.3, -0.25) is 9.59 Å². The van der Waals surface area contributed by atoms with Gasteiger partial charge in [-0.25, -0.2) is 8.78 Å². The zero-order valence-electron chi connectivity index (χ0n) is 16.7. The first-order valence-corrected chi connectivity index (χ1v) is 9.66. The van der Waals surface area contributed by atoms with E-state index in [1.165, 1.54) is 7.11 Å². The van der Waals surface area contributed by atoms with Crippen molar-refractivity contribution in [2.45, 2.75) is 31.2 Å². The highest BCUT2D eigenvalue weighted by atomic mass is 19.1. The summed E-state index contributed by atoms with van der Waals surface area (Å²) < 4.78 is 37.8. The van der Waals surface area contributed by atoms with Gasteiger partial charge >= 0.3 is 0 Å². The summed E-state index contributed by atoms with van der Waals surface area (Å²) in [5.74, 6) is -1.41. The summed E-state index contributed by atoms with van der Waals surface area (Å²) in [7, 11) is 1.46. The molecule has 1 saturated carbocycles. The molecule has 8 nitrogen and oxygen atoms in total. The van der Waals surface area contributed by atoms with Crippen LogP contribution in [0.25, 0.3) is 0 Å². The number of aryl methyl sites for hydroxylation is 1. The zero-order chi connectivity index (χ0) is 21.5. The van der Waals surface area contributed by atoms with Crippen LogP contribution in [0.5, 0.6) is 0 Å². The number of hydrogen-bond donors (Lipinski definition) is 1. The van der Waals surface area contributed by atoms with Crippen LogP contribution in [0.3, 0.4) is 0 Å². The fourth-order valence-corrected chi connectivity index (χ4v) is 4.65. The molecule has 2 fully saturated rings. The second kappa shape index (κ2) is 7.75. The minimum atomic E-state index is -0.786. The first kappa shape index (κ1) is 20.4. The standard InChI is InChI=1S/C20H22F2N4O4/c1-11-23-19(30-25-11)20-7-14(5-12(20)8-26(10-20)17(27)9-29-2)24-18(28)15-6-13(21)3-4-16(15)22/h3-4,6,12,14H,5,7-10H2,1-2H3,(H,24,28)/t12-,14+,20-/m0/s1. The predicted molar refractivity (Wildman–Crippen MR) is 99.5 cm³/mol. The lowest BCUT2D eigenvalue weighted by Crippen LogP contribution is -2.40. The number of aromatic nitrogens is 2. The number of benzene rings is 1. The van der Waals surface area contributed by atoms with Crippen LogP contribution in [0, 0.1) is 24.5 Å². The monoisotopic (exact) mass is 420 g/mol. The van der Waals surface area contributed by atoms with Crippen LogP contribution in [-0.4, -0.2) is 59.7 Å². The van der Waals surface area contributed by atoms with Crippen LogP contribution in [0.15, 0.2) is 22.7 Å². The number of rotatable bonds is 5. The van der Waals surface area contributed by atoms with E-state index in [1.54, 1.807) is 11.8 Å². The van der Waals surface area contributed by atoms with Gasteiger partial charge in [0.25, 0.3) is 5.91 Å². The molecule has 160 valence electrons. The molecule has 2 aliphatic rings. The summed E-state index contributed by atoms with van der Waals surface area (Å²) >= 11 is 0. The van der Waals surface area contributed by atoms with E-state index in [4.69, 9.17) is 9.26 Å². The molecule has 2 amide bonds. The molecule has 4 rings (SSSR count). The molecular formula is C20H22F2N4O4. The average Bonchev–Trinajstić information content (AvgIpc) is 3.36. The summed E-state index contributed by atoms with van der Waals surface area (Å²) in [5.41, 5.74) is -0.949. The van der Waals surface area contributed by atoms with Crippen molar-refractivity contribution in [3.8, 4) is 0 Å². The number of likely N-dealkylation sites (tertiary alicyclic amines) is 1. The van der Waals surface area contributed by atoms with Crippen molar-refractivity contribution in [1.82, 2.24) is 20.4 Å². The van der Waals surface area contributed by atoms with Gasteiger partial charge in [0.1, 0.15) is 18.2 Å². The molecule has 0 radical (unpaired) electrons. The number of fused-ring (bicyclic) bond motifs is 1. The third kappa shape index (κ3) is 3.55.